The molecule has 6 nitrogen and oxygen atoms in total. The van der Waals surface area contributed by atoms with E-state index in [2.05, 4.69) is 10.6 Å². The van der Waals surface area contributed by atoms with Crippen LogP contribution in [0, 0.1) is 0 Å². The molecule has 0 saturated heterocycles. The van der Waals surface area contributed by atoms with E-state index in [4.69, 9.17) is 0 Å². The maximum Gasteiger partial charge on any atom is 0.225 e. The third-order valence-corrected chi connectivity index (χ3v) is 4.94. The topological polar surface area (TPSA) is 98.7 Å². The van der Waals surface area contributed by atoms with Gasteiger partial charge in [0, 0.05) is 6.54 Å². The fourth-order valence-electron chi connectivity index (χ4n) is 2.63. The molecule has 4 N–H and O–H groups in total. The van der Waals surface area contributed by atoms with Gasteiger partial charge in [0.05, 0.1) is 18.6 Å². The van der Waals surface area contributed by atoms with Crippen molar-refractivity contribution in [2.45, 2.75) is 31.5 Å². The van der Waals surface area contributed by atoms with Crippen molar-refractivity contribution < 1.29 is 19.4 Å². The molecule has 0 fully saturated rings. The summed E-state index contributed by atoms with van der Waals surface area (Å²) in [6.45, 7) is 0.417. The molecule has 0 aromatic heterocycles. The van der Waals surface area contributed by atoms with Crippen molar-refractivity contribution in [1.82, 2.24) is 10.6 Å². The van der Waals surface area contributed by atoms with Crippen LogP contribution < -0.4 is 10.6 Å². The average Bonchev–Trinajstić information content (AvgIpc) is 2.65. The molecule has 0 heterocycles. The standard InChI is InChI=1S/C20H25N2O4P/c23-18(14-16-8-3-1-4-9-16)21-13-7-12-20(27(25)26)22-19(24)15-17-10-5-2-6-11-17/h1-6,8-11,20,25-26H,7,12-15H2,(H,21,23)(H,22,24)/t20-/m0/s1. The van der Waals surface area contributed by atoms with Crippen molar-refractivity contribution in [3.8, 4) is 0 Å². The van der Waals surface area contributed by atoms with Crippen molar-refractivity contribution in [3.05, 3.63) is 71.8 Å². The summed E-state index contributed by atoms with van der Waals surface area (Å²) in [6, 6.07) is 18.7. The Bertz CT molecular complexity index is 710. The zero-order valence-electron chi connectivity index (χ0n) is 15.0. The van der Waals surface area contributed by atoms with E-state index in [0.29, 0.717) is 25.8 Å². The fourth-order valence-corrected chi connectivity index (χ4v) is 3.30. The Morgan fingerprint density at radius 1 is 0.852 bits per heavy atom. The summed E-state index contributed by atoms with van der Waals surface area (Å²) in [5.41, 5.74) is 1.80. The van der Waals surface area contributed by atoms with Gasteiger partial charge in [-0.15, -0.1) is 0 Å². The van der Waals surface area contributed by atoms with Crippen LogP contribution in [0.1, 0.15) is 24.0 Å². The third kappa shape index (κ3) is 8.31. The van der Waals surface area contributed by atoms with Gasteiger partial charge >= 0.3 is 0 Å². The lowest BCUT2D eigenvalue weighted by Gasteiger charge is -2.19. The molecule has 7 heteroatoms. The molecular weight excluding hydrogens is 363 g/mol. The molecule has 27 heavy (non-hydrogen) atoms. The van der Waals surface area contributed by atoms with Gasteiger partial charge in [-0.05, 0) is 24.0 Å². The second-order valence-corrected chi connectivity index (χ2v) is 7.48. The minimum atomic E-state index is -2.29. The lowest BCUT2D eigenvalue weighted by molar-refractivity contribution is -0.121. The number of hydrogen-bond donors (Lipinski definition) is 4. The van der Waals surface area contributed by atoms with E-state index in [1.807, 2.05) is 60.7 Å². The van der Waals surface area contributed by atoms with E-state index in [1.54, 1.807) is 0 Å². The Kier molecular flexibility index (Phi) is 8.92. The van der Waals surface area contributed by atoms with Crippen molar-refractivity contribution in [2.75, 3.05) is 6.54 Å². The van der Waals surface area contributed by atoms with Gasteiger partial charge in [0.1, 0.15) is 0 Å². The van der Waals surface area contributed by atoms with E-state index >= 15 is 0 Å². The van der Waals surface area contributed by atoms with Gasteiger partial charge in [-0.3, -0.25) is 9.59 Å². The normalized spacial score (nSPS) is 11.8. The largest absolute Gasteiger partial charge is 0.356 e. The van der Waals surface area contributed by atoms with Crippen LogP contribution in [0.4, 0.5) is 0 Å². The van der Waals surface area contributed by atoms with Gasteiger partial charge in [0.2, 0.25) is 11.8 Å². The first-order valence-corrected chi connectivity index (χ1v) is 10.2. The molecule has 0 unspecified atom stereocenters. The Hall–Kier alpha value is -2.27. The average molecular weight is 388 g/mol. The highest BCUT2D eigenvalue weighted by Crippen LogP contribution is 2.32. The number of hydrogen-bond acceptors (Lipinski definition) is 4. The Morgan fingerprint density at radius 2 is 1.37 bits per heavy atom. The number of amides is 2. The number of benzene rings is 2. The van der Waals surface area contributed by atoms with Gasteiger partial charge in [-0.25, -0.2) is 0 Å². The second kappa shape index (κ2) is 11.4. The molecule has 2 aromatic carbocycles. The molecule has 0 aliphatic heterocycles. The monoisotopic (exact) mass is 388 g/mol. The molecule has 0 aliphatic carbocycles. The van der Waals surface area contributed by atoms with Crippen LogP contribution in [0.25, 0.3) is 0 Å². The maximum absolute atomic E-state index is 12.1. The van der Waals surface area contributed by atoms with Crippen LogP contribution in [0.5, 0.6) is 0 Å². The molecule has 2 rings (SSSR count). The van der Waals surface area contributed by atoms with Gasteiger partial charge in [0.25, 0.3) is 0 Å². The summed E-state index contributed by atoms with van der Waals surface area (Å²) in [5, 5.41) is 5.48. The highest BCUT2D eigenvalue weighted by molar-refractivity contribution is 7.45. The SMILES string of the molecule is O=C(Cc1ccccc1)NCCC[C@@H](NC(=O)Cc1ccccc1)P(O)O. The molecule has 2 aromatic rings. The smallest absolute Gasteiger partial charge is 0.225 e. The number of rotatable bonds is 10. The third-order valence-electron chi connectivity index (χ3n) is 4.00. The van der Waals surface area contributed by atoms with Gasteiger partial charge in [-0.2, -0.15) is 0 Å². The number of carbonyl (C=O) groups excluding carboxylic acids is 2. The first-order valence-electron chi connectivity index (χ1n) is 8.85. The quantitative estimate of drug-likeness (QED) is 0.370. The summed E-state index contributed by atoms with van der Waals surface area (Å²) >= 11 is 0. The van der Waals surface area contributed by atoms with Gasteiger partial charge in [-0.1, -0.05) is 60.7 Å². The molecule has 1 atom stereocenters. The van der Waals surface area contributed by atoms with E-state index in [-0.39, 0.29) is 18.2 Å². The Balaban J connectivity index is 1.69. The van der Waals surface area contributed by atoms with E-state index < -0.39 is 14.2 Å². The minimum Gasteiger partial charge on any atom is -0.356 e. The summed E-state index contributed by atoms with van der Waals surface area (Å²) in [7, 11) is -2.29. The minimum absolute atomic E-state index is 0.0823. The first kappa shape index (κ1) is 21.0. The van der Waals surface area contributed by atoms with Gasteiger partial charge < -0.3 is 20.4 Å². The molecule has 0 saturated carbocycles. The van der Waals surface area contributed by atoms with Gasteiger partial charge in [0.15, 0.2) is 8.38 Å². The second-order valence-electron chi connectivity index (χ2n) is 6.22. The highest BCUT2D eigenvalue weighted by atomic mass is 31.2. The Morgan fingerprint density at radius 3 is 1.89 bits per heavy atom. The summed E-state index contributed by atoms with van der Waals surface area (Å²) < 4.78 is 0. The lowest BCUT2D eigenvalue weighted by atomic mass is 10.1. The first-order chi connectivity index (χ1) is 13.0. The summed E-state index contributed by atoms with van der Waals surface area (Å²) in [6.07, 6.45) is 1.42. The Labute approximate surface area is 160 Å². The molecule has 0 radical (unpaired) electrons. The molecular formula is C20H25N2O4P. The summed E-state index contributed by atoms with van der Waals surface area (Å²) in [5.74, 6) is -1.04. The predicted octanol–water partition coefficient (Wildman–Crippen LogP) is 2.11. The van der Waals surface area contributed by atoms with Crippen LogP contribution in [0.15, 0.2) is 60.7 Å². The van der Waals surface area contributed by atoms with Crippen molar-refractivity contribution in [2.24, 2.45) is 0 Å². The van der Waals surface area contributed by atoms with E-state index in [1.165, 1.54) is 0 Å². The molecule has 0 spiro atoms. The number of nitrogens with one attached hydrogen (secondary N) is 2. The molecule has 0 bridgehead atoms. The van der Waals surface area contributed by atoms with Crippen LogP contribution in [-0.4, -0.2) is 33.9 Å². The van der Waals surface area contributed by atoms with Crippen molar-refractivity contribution >= 4 is 20.2 Å². The zero-order valence-corrected chi connectivity index (χ0v) is 15.9. The van der Waals surface area contributed by atoms with E-state index in [0.717, 1.165) is 11.1 Å². The predicted molar refractivity (Wildman–Crippen MR) is 106 cm³/mol. The molecule has 144 valence electrons. The lowest BCUT2D eigenvalue weighted by Crippen LogP contribution is -2.35. The van der Waals surface area contributed by atoms with Crippen LogP contribution in [-0.2, 0) is 22.4 Å². The van der Waals surface area contributed by atoms with E-state index in [9.17, 15) is 19.4 Å². The number of carbonyl (C=O) groups is 2. The van der Waals surface area contributed by atoms with Crippen LogP contribution in [0.2, 0.25) is 0 Å². The highest BCUT2D eigenvalue weighted by Gasteiger charge is 2.20. The van der Waals surface area contributed by atoms with Crippen molar-refractivity contribution in [3.63, 3.8) is 0 Å². The molecule has 0 aliphatic rings. The van der Waals surface area contributed by atoms with Crippen molar-refractivity contribution in [1.29, 1.82) is 0 Å². The fraction of sp³-hybridized carbons (Fsp3) is 0.300. The summed E-state index contributed by atoms with van der Waals surface area (Å²) in [4.78, 5) is 43.1. The zero-order chi connectivity index (χ0) is 19.5. The van der Waals surface area contributed by atoms with Crippen LogP contribution >= 0.6 is 8.38 Å². The maximum atomic E-state index is 12.1. The molecule has 2 amide bonds. The van der Waals surface area contributed by atoms with Crippen LogP contribution in [0.3, 0.4) is 0 Å².